The number of nitrogens with one attached hydrogen (secondary N) is 5. The Kier molecular flexibility index (Phi) is 21.5. The molecule has 1 aliphatic rings. The molecule has 0 bridgehead atoms. The van der Waals surface area contributed by atoms with Gasteiger partial charge in [-0.2, -0.15) is 8.42 Å². The van der Waals surface area contributed by atoms with E-state index in [2.05, 4.69) is 32.5 Å². The lowest BCUT2D eigenvalue weighted by atomic mass is 9.90. The van der Waals surface area contributed by atoms with Crippen LogP contribution in [0.2, 0.25) is 0 Å². The average molecular weight is 977 g/mol. The molecule has 19 heteroatoms. The summed E-state index contributed by atoms with van der Waals surface area (Å²) in [5.41, 5.74) is -1.26. The fourth-order valence-corrected chi connectivity index (χ4v) is 8.57. The maximum Gasteiger partial charge on any atom is 0.300 e. The highest BCUT2D eigenvalue weighted by Crippen LogP contribution is 2.23. The minimum atomic E-state index is -5.03. The number of carbonyl (C=O) groups is 6. The summed E-state index contributed by atoms with van der Waals surface area (Å²) in [6.07, 6.45) is 5.88. The number of amides is 5. The molecule has 1 aliphatic heterocycles. The standard InChI is InChI=1S/C50H65FN6O11S/c1-7-22-52-46(60)37-19-20-38(51)43(30-37)69(65,66)68-32-50(6,64)45(59)40(27-33(2)3)54-49(63)42(29-36-16-12-9-13-17-36)56-48(62)41(28-34(4)5)55-47(61)39(21-18-35-14-10-8-11-15-35)53-44(58)31-57-23-25-67-26-24-57/h1,8-17,19-20,30,33-34,39-42,64H,18,21-29,31-32H2,2-6H3,(H,52,60)(H,53,58)(H,54,63)(H,55,61)(H,56,62)/t39-,40-,41-,42-,50-/m0/s1. The summed E-state index contributed by atoms with van der Waals surface area (Å²) in [6, 6.07) is 15.7. The number of aryl methyl sites for hydroxylation is 1. The molecule has 0 radical (unpaired) electrons. The smallest absolute Gasteiger partial charge is 0.300 e. The number of Topliss-reactive ketones (excluding diaryl/α,β-unsaturated/α-hetero) is 1. The Bertz CT molecular complexity index is 2370. The topological polar surface area (TPSA) is 239 Å². The minimum absolute atomic E-state index is 0.0451. The second kappa shape index (κ2) is 26.6. The van der Waals surface area contributed by atoms with E-state index in [1.807, 2.05) is 49.1 Å². The van der Waals surface area contributed by atoms with E-state index in [0.29, 0.717) is 38.3 Å². The molecular formula is C50H65FN6O11S. The number of terminal acetylenes is 1. The van der Waals surface area contributed by atoms with Crippen LogP contribution in [0.3, 0.4) is 0 Å². The van der Waals surface area contributed by atoms with Gasteiger partial charge in [0.15, 0.2) is 5.78 Å². The van der Waals surface area contributed by atoms with Crippen LogP contribution in [0.15, 0.2) is 83.8 Å². The maximum atomic E-state index is 14.8. The highest BCUT2D eigenvalue weighted by atomic mass is 32.2. The van der Waals surface area contributed by atoms with Crippen LogP contribution in [0, 0.1) is 30.0 Å². The van der Waals surface area contributed by atoms with Gasteiger partial charge in [-0.3, -0.25) is 37.9 Å². The Morgan fingerprint density at radius 3 is 1.96 bits per heavy atom. The molecule has 0 aromatic heterocycles. The number of nitrogens with zero attached hydrogens (tertiary/aromatic N) is 1. The Hall–Kier alpha value is -6.04. The van der Waals surface area contributed by atoms with Gasteiger partial charge in [-0.15, -0.1) is 6.42 Å². The first-order valence-corrected chi connectivity index (χ1v) is 24.4. The first kappa shape index (κ1) is 55.6. The van der Waals surface area contributed by atoms with Gasteiger partial charge in [0.1, 0.15) is 41.0 Å². The molecule has 1 heterocycles. The van der Waals surface area contributed by atoms with Gasteiger partial charge in [0.25, 0.3) is 16.0 Å². The predicted octanol–water partition coefficient (Wildman–Crippen LogP) is 2.45. The van der Waals surface area contributed by atoms with E-state index in [1.54, 1.807) is 44.2 Å². The summed E-state index contributed by atoms with van der Waals surface area (Å²) >= 11 is 0. The largest absolute Gasteiger partial charge is 0.380 e. The molecule has 374 valence electrons. The molecule has 0 spiro atoms. The fraction of sp³-hybridized carbons (Fsp3) is 0.480. The van der Waals surface area contributed by atoms with Crippen LogP contribution < -0.4 is 26.6 Å². The van der Waals surface area contributed by atoms with E-state index in [0.717, 1.165) is 30.7 Å². The number of hydrogen-bond donors (Lipinski definition) is 6. The second-order valence-electron chi connectivity index (χ2n) is 18.1. The third kappa shape index (κ3) is 18.1. The molecule has 5 amide bonds. The number of rotatable bonds is 26. The number of morpholine rings is 1. The third-order valence-electron chi connectivity index (χ3n) is 11.1. The van der Waals surface area contributed by atoms with E-state index >= 15 is 0 Å². The predicted molar refractivity (Wildman–Crippen MR) is 255 cm³/mol. The molecule has 6 N–H and O–H groups in total. The Morgan fingerprint density at radius 2 is 1.35 bits per heavy atom. The zero-order chi connectivity index (χ0) is 50.7. The van der Waals surface area contributed by atoms with Crippen molar-refractivity contribution in [1.29, 1.82) is 0 Å². The van der Waals surface area contributed by atoms with Crippen molar-refractivity contribution in [1.82, 2.24) is 31.5 Å². The van der Waals surface area contributed by atoms with Gasteiger partial charge < -0.3 is 36.4 Å². The van der Waals surface area contributed by atoms with E-state index in [1.165, 1.54) is 0 Å². The van der Waals surface area contributed by atoms with E-state index < -0.39 is 86.6 Å². The monoisotopic (exact) mass is 976 g/mol. The van der Waals surface area contributed by atoms with Crippen molar-refractivity contribution in [3.63, 3.8) is 0 Å². The van der Waals surface area contributed by atoms with Crippen molar-refractivity contribution in [2.24, 2.45) is 11.8 Å². The van der Waals surface area contributed by atoms with Crippen molar-refractivity contribution in [3.05, 3.63) is 101 Å². The van der Waals surface area contributed by atoms with Crippen molar-refractivity contribution in [3.8, 4) is 12.3 Å². The normalized spacial score (nSPS) is 15.7. The van der Waals surface area contributed by atoms with Crippen LogP contribution in [-0.4, -0.2) is 130 Å². The summed E-state index contributed by atoms with van der Waals surface area (Å²) in [6.45, 7) is 8.94. The molecule has 5 atom stereocenters. The molecule has 0 aliphatic carbocycles. The molecule has 1 saturated heterocycles. The molecule has 17 nitrogen and oxygen atoms in total. The summed E-state index contributed by atoms with van der Waals surface area (Å²) in [7, 11) is -5.03. The quantitative estimate of drug-likeness (QED) is 0.0503. The van der Waals surface area contributed by atoms with Crippen LogP contribution in [0.4, 0.5) is 4.39 Å². The van der Waals surface area contributed by atoms with Crippen LogP contribution in [0.5, 0.6) is 0 Å². The summed E-state index contributed by atoms with van der Waals surface area (Å²) < 4.78 is 51.7. The van der Waals surface area contributed by atoms with E-state index in [-0.39, 0.29) is 62.1 Å². The van der Waals surface area contributed by atoms with Crippen molar-refractivity contribution < 1.29 is 55.6 Å². The van der Waals surface area contributed by atoms with Crippen molar-refractivity contribution in [2.45, 2.75) is 101 Å². The highest BCUT2D eigenvalue weighted by molar-refractivity contribution is 7.86. The number of benzene rings is 3. The number of carbonyl (C=O) groups excluding carboxylic acids is 6. The Labute approximate surface area is 404 Å². The molecule has 69 heavy (non-hydrogen) atoms. The maximum absolute atomic E-state index is 14.8. The van der Waals surface area contributed by atoms with Gasteiger partial charge in [0.2, 0.25) is 23.6 Å². The Balaban J connectivity index is 1.55. The highest BCUT2D eigenvalue weighted by Gasteiger charge is 2.41. The lowest BCUT2D eigenvalue weighted by molar-refractivity contribution is -0.143. The first-order chi connectivity index (χ1) is 32.7. The molecule has 1 fully saturated rings. The minimum Gasteiger partial charge on any atom is -0.380 e. The van der Waals surface area contributed by atoms with Gasteiger partial charge in [-0.1, -0.05) is 94.3 Å². The SMILES string of the molecule is C#CCNC(=O)c1ccc(F)c(S(=O)(=O)OC[C@](C)(O)C(=O)[C@H](CC(C)C)NC(=O)[C@H](Cc2ccccc2)NC(=O)[C@H](CC(C)C)NC(=O)[C@H](CCc2ccccc2)NC(=O)CN2CCOCC2)c1. The van der Waals surface area contributed by atoms with Gasteiger partial charge >= 0.3 is 0 Å². The summed E-state index contributed by atoms with van der Waals surface area (Å²) in [5, 5.41) is 24.9. The lowest BCUT2D eigenvalue weighted by Crippen LogP contribution is -2.60. The van der Waals surface area contributed by atoms with Crippen molar-refractivity contribution in [2.75, 3.05) is 46.0 Å². The van der Waals surface area contributed by atoms with Gasteiger partial charge in [-0.25, -0.2) is 4.39 Å². The zero-order valence-corrected chi connectivity index (χ0v) is 40.6. The molecule has 4 rings (SSSR count). The number of hydrogen-bond acceptors (Lipinski definition) is 12. The number of ether oxygens (including phenoxy) is 1. The zero-order valence-electron chi connectivity index (χ0n) is 39.8. The fourth-order valence-electron chi connectivity index (χ4n) is 7.48. The average Bonchev–Trinajstić information content (AvgIpc) is 3.31. The van der Waals surface area contributed by atoms with Crippen molar-refractivity contribution >= 4 is 45.4 Å². The summed E-state index contributed by atoms with van der Waals surface area (Å²) in [4.78, 5) is 83.5. The number of halogens is 1. The van der Waals surface area contributed by atoms with Crippen LogP contribution in [0.1, 0.15) is 75.4 Å². The van der Waals surface area contributed by atoms with Crippen LogP contribution in [0.25, 0.3) is 0 Å². The van der Waals surface area contributed by atoms with E-state index in [9.17, 15) is 46.7 Å². The second-order valence-corrected chi connectivity index (χ2v) is 19.6. The molecule has 3 aromatic rings. The molecule has 3 aromatic carbocycles. The molecule has 0 saturated carbocycles. The lowest BCUT2D eigenvalue weighted by Gasteiger charge is -2.30. The Morgan fingerprint density at radius 1 is 0.797 bits per heavy atom. The molecule has 0 unspecified atom stereocenters. The number of aliphatic hydroxyl groups is 1. The summed E-state index contributed by atoms with van der Waals surface area (Å²) in [5.74, 6) is -3.81. The van der Waals surface area contributed by atoms with E-state index in [4.69, 9.17) is 15.3 Å². The first-order valence-electron chi connectivity index (χ1n) is 22.9. The van der Waals surface area contributed by atoms with Crippen LogP contribution in [-0.2, 0) is 55.9 Å². The van der Waals surface area contributed by atoms with Gasteiger partial charge in [0.05, 0.1) is 32.3 Å². The van der Waals surface area contributed by atoms with Gasteiger partial charge in [-0.05, 0) is 73.8 Å². The molecular weight excluding hydrogens is 912 g/mol. The van der Waals surface area contributed by atoms with Gasteiger partial charge in [0, 0.05) is 25.1 Å². The third-order valence-corrected chi connectivity index (χ3v) is 12.4. The van der Waals surface area contributed by atoms with Crippen LogP contribution >= 0.6 is 0 Å². The number of ketones is 1.